The Balaban J connectivity index is 2.60. The quantitative estimate of drug-likeness (QED) is 0.809. The molecule has 0 aliphatic rings. The van der Waals surface area contributed by atoms with Crippen molar-refractivity contribution in [2.45, 2.75) is 37.8 Å². The topological polar surface area (TPSA) is 49.3 Å². The fraction of sp³-hybridized carbons (Fsp3) is 0.462. The predicted molar refractivity (Wildman–Crippen MR) is 71.0 cm³/mol. The van der Waals surface area contributed by atoms with Crippen LogP contribution in [0.4, 0.5) is 4.39 Å². The Hall–Kier alpha value is -1.07. The molecule has 0 heterocycles. The van der Waals surface area contributed by atoms with E-state index in [9.17, 15) is 14.3 Å². The highest BCUT2D eigenvalue weighted by Gasteiger charge is 2.10. The second-order valence-corrected chi connectivity index (χ2v) is 5.39. The second kappa shape index (κ2) is 6.75. The van der Waals surface area contributed by atoms with Gasteiger partial charge in [0.2, 0.25) is 5.91 Å². The first-order valence-corrected chi connectivity index (χ1v) is 6.78. The molecule has 0 unspecified atom stereocenters. The fourth-order valence-electron chi connectivity index (χ4n) is 1.40. The second-order valence-electron chi connectivity index (χ2n) is 4.38. The summed E-state index contributed by atoms with van der Waals surface area (Å²) >= 11 is 1.15. The van der Waals surface area contributed by atoms with E-state index in [1.165, 1.54) is 6.07 Å². The van der Waals surface area contributed by atoms with Crippen molar-refractivity contribution in [3.05, 3.63) is 29.6 Å². The zero-order valence-electron chi connectivity index (χ0n) is 10.7. The molecule has 0 aliphatic carbocycles. The van der Waals surface area contributed by atoms with Crippen molar-refractivity contribution < 1.29 is 14.3 Å². The highest BCUT2D eigenvalue weighted by atomic mass is 32.2. The van der Waals surface area contributed by atoms with Crippen LogP contribution in [0.1, 0.15) is 32.4 Å². The monoisotopic (exact) mass is 271 g/mol. The van der Waals surface area contributed by atoms with Gasteiger partial charge >= 0.3 is 0 Å². The van der Waals surface area contributed by atoms with Crippen molar-refractivity contribution in [1.82, 2.24) is 5.32 Å². The lowest BCUT2D eigenvalue weighted by Gasteiger charge is -2.09. The summed E-state index contributed by atoms with van der Waals surface area (Å²) in [5.41, 5.74) is 0.531. The van der Waals surface area contributed by atoms with E-state index in [1.54, 1.807) is 19.1 Å². The number of nitrogens with one attached hydrogen (secondary N) is 1. The molecule has 0 radical (unpaired) electrons. The van der Waals surface area contributed by atoms with Gasteiger partial charge in [0.1, 0.15) is 5.82 Å². The zero-order valence-corrected chi connectivity index (χ0v) is 11.6. The number of halogens is 1. The number of amides is 1. The average molecular weight is 271 g/mol. The van der Waals surface area contributed by atoms with E-state index in [2.05, 4.69) is 5.32 Å². The highest BCUT2D eigenvalue weighted by Crippen LogP contribution is 2.24. The number of hydrogen-bond donors (Lipinski definition) is 2. The van der Waals surface area contributed by atoms with E-state index >= 15 is 0 Å². The van der Waals surface area contributed by atoms with Crippen molar-refractivity contribution in [2.75, 3.05) is 5.75 Å². The van der Waals surface area contributed by atoms with Crippen LogP contribution in [0.25, 0.3) is 0 Å². The first-order chi connectivity index (χ1) is 8.40. The van der Waals surface area contributed by atoms with E-state index in [0.29, 0.717) is 10.5 Å². The summed E-state index contributed by atoms with van der Waals surface area (Å²) in [5, 5.41) is 12.1. The van der Waals surface area contributed by atoms with Gasteiger partial charge in [0.25, 0.3) is 0 Å². The molecule has 5 heteroatoms. The SMILES string of the molecule is CC(C)NC(=O)CSc1ccc([C@@H](C)O)cc1F. The maximum Gasteiger partial charge on any atom is 0.230 e. The van der Waals surface area contributed by atoms with Gasteiger partial charge in [0.15, 0.2) is 0 Å². The molecule has 1 rings (SSSR count). The molecule has 2 N–H and O–H groups in total. The van der Waals surface area contributed by atoms with Gasteiger partial charge in [0.05, 0.1) is 11.9 Å². The molecule has 1 amide bonds. The Morgan fingerprint density at radius 1 is 1.44 bits per heavy atom. The number of benzene rings is 1. The molecule has 100 valence electrons. The Morgan fingerprint density at radius 2 is 2.11 bits per heavy atom. The highest BCUT2D eigenvalue weighted by molar-refractivity contribution is 8.00. The van der Waals surface area contributed by atoms with Gasteiger partial charge < -0.3 is 10.4 Å². The van der Waals surface area contributed by atoms with Gasteiger partial charge in [-0.25, -0.2) is 4.39 Å². The fourth-order valence-corrected chi connectivity index (χ4v) is 2.13. The standard InChI is InChI=1S/C13H18FNO2S/c1-8(2)15-13(17)7-18-12-5-4-10(9(3)16)6-11(12)14/h4-6,8-9,16H,7H2,1-3H3,(H,15,17)/t9-/m1/s1. The molecule has 0 fully saturated rings. The molecular weight excluding hydrogens is 253 g/mol. The number of rotatable bonds is 5. The van der Waals surface area contributed by atoms with Crippen LogP contribution in [0.15, 0.2) is 23.1 Å². The van der Waals surface area contributed by atoms with E-state index < -0.39 is 11.9 Å². The van der Waals surface area contributed by atoms with E-state index in [4.69, 9.17) is 0 Å². The number of aliphatic hydroxyl groups is 1. The summed E-state index contributed by atoms with van der Waals surface area (Å²) in [6, 6.07) is 4.63. The third-order valence-corrected chi connectivity index (χ3v) is 3.30. The minimum Gasteiger partial charge on any atom is -0.389 e. The van der Waals surface area contributed by atoms with Crippen molar-refractivity contribution in [3.8, 4) is 0 Å². The zero-order chi connectivity index (χ0) is 13.7. The van der Waals surface area contributed by atoms with Gasteiger partial charge in [0, 0.05) is 10.9 Å². The van der Waals surface area contributed by atoms with E-state index in [0.717, 1.165) is 11.8 Å². The molecule has 0 saturated carbocycles. The van der Waals surface area contributed by atoms with Crippen LogP contribution >= 0.6 is 11.8 Å². The minimum absolute atomic E-state index is 0.0839. The summed E-state index contributed by atoms with van der Waals surface area (Å²) in [5.74, 6) is -0.340. The predicted octanol–water partition coefficient (Wildman–Crippen LogP) is 2.50. The molecule has 18 heavy (non-hydrogen) atoms. The minimum atomic E-state index is -0.692. The van der Waals surface area contributed by atoms with Gasteiger partial charge in [-0.3, -0.25) is 4.79 Å². The molecule has 3 nitrogen and oxygen atoms in total. The Kier molecular flexibility index (Phi) is 5.62. The van der Waals surface area contributed by atoms with E-state index in [-0.39, 0.29) is 17.7 Å². The maximum absolute atomic E-state index is 13.7. The van der Waals surface area contributed by atoms with Crippen LogP contribution in [0.3, 0.4) is 0 Å². The molecule has 0 bridgehead atoms. The molecule has 0 aliphatic heterocycles. The van der Waals surface area contributed by atoms with Crippen LogP contribution in [0.5, 0.6) is 0 Å². The average Bonchev–Trinajstić information content (AvgIpc) is 2.26. The first-order valence-electron chi connectivity index (χ1n) is 5.80. The maximum atomic E-state index is 13.7. The number of carbonyl (C=O) groups is 1. The number of aliphatic hydroxyl groups excluding tert-OH is 1. The Labute approximate surface area is 111 Å². The molecule has 0 aromatic heterocycles. The third kappa shape index (κ3) is 4.66. The molecule has 1 aromatic rings. The molecular formula is C13H18FNO2S. The van der Waals surface area contributed by atoms with Crippen LogP contribution in [-0.2, 0) is 4.79 Å². The Morgan fingerprint density at radius 3 is 2.61 bits per heavy atom. The van der Waals surface area contributed by atoms with Crippen LogP contribution in [0.2, 0.25) is 0 Å². The van der Waals surface area contributed by atoms with Crippen LogP contribution < -0.4 is 5.32 Å². The van der Waals surface area contributed by atoms with Crippen molar-refractivity contribution in [3.63, 3.8) is 0 Å². The lowest BCUT2D eigenvalue weighted by atomic mass is 10.1. The van der Waals surface area contributed by atoms with Gasteiger partial charge in [-0.15, -0.1) is 11.8 Å². The summed E-state index contributed by atoms with van der Waals surface area (Å²) < 4.78 is 13.7. The number of carbonyl (C=O) groups excluding carboxylic acids is 1. The molecule has 0 spiro atoms. The summed E-state index contributed by atoms with van der Waals surface area (Å²) in [6.07, 6.45) is -0.692. The lowest BCUT2D eigenvalue weighted by Crippen LogP contribution is -2.31. The summed E-state index contributed by atoms with van der Waals surface area (Å²) in [4.78, 5) is 11.8. The van der Waals surface area contributed by atoms with Gasteiger partial charge in [-0.1, -0.05) is 6.07 Å². The summed E-state index contributed by atoms with van der Waals surface area (Å²) in [7, 11) is 0. The van der Waals surface area contributed by atoms with Crippen LogP contribution in [0, 0.1) is 5.82 Å². The van der Waals surface area contributed by atoms with Crippen LogP contribution in [-0.4, -0.2) is 22.8 Å². The van der Waals surface area contributed by atoms with Crippen molar-refractivity contribution >= 4 is 17.7 Å². The first kappa shape index (κ1) is 15.0. The molecule has 1 atom stereocenters. The van der Waals surface area contributed by atoms with E-state index in [1.807, 2.05) is 13.8 Å². The van der Waals surface area contributed by atoms with Gasteiger partial charge in [-0.2, -0.15) is 0 Å². The Bertz CT molecular complexity index is 421. The molecule has 1 aromatic carbocycles. The smallest absolute Gasteiger partial charge is 0.230 e. The summed E-state index contributed by atoms with van der Waals surface area (Å²) in [6.45, 7) is 5.33. The van der Waals surface area contributed by atoms with Crippen molar-refractivity contribution in [1.29, 1.82) is 0 Å². The number of hydrogen-bond acceptors (Lipinski definition) is 3. The molecule has 0 saturated heterocycles. The largest absolute Gasteiger partial charge is 0.389 e. The lowest BCUT2D eigenvalue weighted by molar-refractivity contribution is -0.119. The van der Waals surface area contributed by atoms with Gasteiger partial charge in [-0.05, 0) is 38.5 Å². The third-order valence-electron chi connectivity index (χ3n) is 2.25. The normalized spacial score (nSPS) is 12.6. The number of thioether (sulfide) groups is 1. The van der Waals surface area contributed by atoms with Crippen molar-refractivity contribution in [2.24, 2.45) is 0 Å².